The van der Waals surface area contributed by atoms with Crippen LogP contribution in [0.15, 0.2) is 64.9 Å². The quantitative estimate of drug-likeness (QED) is 0.449. The molecule has 0 unspecified atom stereocenters. The number of benzene rings is 2. The van der Waals surface area contributed by atoms with E-state index in [2.05, 4.69) is 10.3 Å². The maximum atomic E-state index is 12.4. The van der Waals surface area contributed by atoms with E-state index in [9.17, 15) is 9.59 Å². The molecule has 31 heavy (non-hydrogen) atoms. The minimum Gasteiger partial charge on any atom is -0.485 e. The molecule has 0 aliphatic rings. The van der Waals surface area contributed by atoms with Crippen molar-refractivity contribution < 1.29 is 14.3 Å². The van der Waals surface area contributed by atoms with Gasteiger partial charge in [0.05, 0.1) is 16.4 Å². The fraction of sp³-hybridized carbons (Fsp3) is 0.136. The number of anilines is 1. The van der Waals surface area contributed by atoms with Crippen LogP contribution in [0.25, 0.3) is 4.96 Å². The van der Waals surface area contributed by atoms with Gasteiger partial charge in [0.2, 0.25) is 0 Å². The Morgan fingerprint density at radius 3 is 2.84 bits per heavy atom. The van der Waals surface area contributed by atoms with Crippen molar-refractivity contribution in [2.45, 2.75) is 13.5 Å². The van der Waals surface area contributed by atoms with E-state index in [1.54, 1.807) is 48.0 Å². The predicted octanol–water partition coefficient (Wildman–Crippen LogP) is 4.31. The Kier molecular flexibility index (Phi) is 6.20. The number of hydrogen-bond acceptors (Lipinski definition) is 6. The van der Waals surface area contributed by atoms with Gasteiger partial charge in [0.15, 0.2) is 11.6 Å². The summed E-state index contributed by atoms with van der Waals surface area (Å²) < 4.78 is 12.8. The lowest BCUT2D eigenvalue weighted by Crippen LogP contribution is -2.21. The van der Waals surface area contributed by atoms with Gasteiger partial charge in [-0.2, -0.15) is 0 Å². The third-order valence-corrected chi connectivity index (χ3v) is 5.41. The molecule has 0 atom stereocenters. The summed E-state index contributed by atoms with van der Waals surface area (Å²) in [6.45, 7) is 1.80. The minimum absolute atomic E-state index is 0.0894. The van der Waals surface area contributed by atoms with Crippen LogP contribution in [-0.2, 0) is 11.4 Å². The van der Waals surface area contributed by atoms with Gasteiger partial charge in [0.1, 0.15) is 18.1 Å². The Bertz CT molecular complexity index is 1300. The number of amides is 1. The molecular formula is C22H18ClN3O4S. The first-order chi connectivity index (χ1) is 15.0. The molecule has 0 radical (unpaired) electrons. The first kappa shape index (κ1) is 20.9. The highest BCUT2D eigenvalue weighted by Crippen LogP contribution is 2.27. The van der Waals surface area contributed by atoms with Gasteiger partial charge in [-0.05, 0) is 36.8 Å². The molecule has 0 aliphatic carbocycles. The number of fused-ring (bicyclic) bond motifs is 1. The molecule has 4 aromatic rings. The molecule has 0 spiro atoms. The highest BCUT2D eigenvalue weighted by molar-refractivity contribution is 7.15. The van der Waals surface area contributed by atoms with Crippen molar-refractivity contribution in [3.8, 4) is 11.5 Å². The minimum atomic E-state index is -0.356. The van der Waals surface area contributed by atoms with E-state index in [1.165, 1.54) is 21.8 Å². The standard InChI is InChI=1S/C22H18ClN3O4S/c1-14-6-7-17(25-20(27)13-30-18-5-3-2-4-16(18)23)19(10-14)29-12-15-11-21(28)26-8-9-31-22(26)24-15/h2-11H,12-13H2,1H3,(H,25,27). The van der Waals surface area contributed by atoms with Gasteiger partial charge in [-0.1, -0.05) is 29.8 Å². The number of nitrogens with zero attached hydrogens (tertiary/aromatic N) is 2. The summed E-state index contributed by atoms with van der Waals surface area (Å²) in [6.07, 6.45) is 1.68. The zero-order valence-electron chi connectivity index (χ0n) is 16.5. The van der Waals surface area contributed by atoms with Crippen LogP contribution in [-0.4, -0.2) is 21.9 Å². The SMILES string of the molecule is Cc1ccc(NC(=O)COc2ccccc2Cl)c(OCc2cc(=O)n3ccsc3n2)c1. The lowest BCUT2D eigenvalue weighted by molar-refractivity contribution is -0.118. The van der Waals surface area contributed by atoms with Crippen LogP contribution in [0.5, 0.6) is 11.5 Å². The number of aromatic nitrogens is 2. The molecule has 1 N–H and O–H groups in total. The van der Waals surface area contributed by atoms with Crippen LogP contribution in [0.1, 0.15) is 11.3 Å². The van der Waals surface area contributed by atoms with Crippen LogP contribution in [0, 0.1) is 6.92 Å². The van der Waals surface area contributed by atoms with Gasteiger partial charge < -0.3 is 14.8 Å². The Balaban J connectivity index is 1.44. The zero-order valence-corrected chi connectivity index (χ0v) is 18.1. The zero-order chi connectivity index (χ0) is 21.8. The summed E-state index contributed by atoms with van der Waals surface area (Å²) in [5.41, 5.74) is 1.79. The van der Waals surface area contributed by atoms with Gasteiger partial charge >= 0.3 is 0 Å². The molecule has 2 aromatic heterocycles. The topological polar surface area (TPSA) is 81.9 Å². The average Bonchev–Trinajstić information content (AvgIpc) is 3.23. The Morgan fingerprint density at radius 1 is 1.16 bits per heavy atom. The molecule has 2 aromatic carbocycles. The fourth-order valence-corrected chi connectivity index (χ4v) is 3.79. The smallest absolute Gasteiger partial charge is 0.262 e. The summed E-state index contributed by atoms with van der Waals surface area (Å²) in [5, 5.41) is 5.01. The summed E-state index contributed by atoms with van der Waals surface area (Å²) in [6, 6.07) is 13.8. The van der Waals surface area contributed by atoms with E-state index in [4.69, 9.17) is 21.1 Å². The third kappa shape index (κ3) is 5.04. The average molecular weight is 456 g/mol. The Hall–Kier alpha value is -3.36. The second kappa shape index (κ2) is 9.20. The molecule has 0 fully saturated rings. The number of halogens is 1. The summed E-state index contributed by atoms with van der Waals surface area (Å²) >= 11 is 7.42. The van der Waals surface area contributed by atoms with Gasteiger partial charge in [0.25, 0.3) is 11.5 Å². The van der Waals surface area contributed by atoms with E-state index in [0.29, 0.717) is 32.9 Å². The number of aryl methyl sites for hydroxylation is 1. The summed E-state index contributed by atoms with van der Waals surface area (Å²) in [4.78, 5) is 29.6. The van der Waals surface area contributed by atoms with Gasteiger partial charge in [-0.15, -0.1) is 11.3 Å². The second-order valence-electron chi connectivity index (χ2n) is 6.70. The van der Waals surface area contributed by atoms with Crippen molar-refractivity contribution in [1.82, 2.24) is 9.38 Å². The first-order valence-corrected chi connectivity index (χ1v) is 10.6. The number of nitrogens with one attached hydrogen (secondary N) is 1. The monoisotopic (exact) mass is 455 g/mol. The van der Waals surface area contributed by atoms with E-state index >= 15 is 0 Å². The third-order valence-electron chi connectivity index (χ3n) is 4.34. The summed E-state index contributed by atoms with van der Waals surface area (Å²) in [5.74, 6) is 0.547. The van der Waals surface area contributed by atoms with Crippen LogP contribution < -0.4 is 20.3 Å². The van der Waals surface area contributed by atoms with Crippen molar-refractivity contribution in [2.75, 3.05) is 11.9 Å². The van der Waals surface area contributed by atoms with Gasteiger partial charge in [-0.3, -0.25) is 14.0 Å². The van der Waals surface area contributed by atoms with E-state index in [0.717, 1.165) is 5.56 Å². The molecule has 0 saturated heterocycles. The second-order valence-corrected chi connectivity index (χ2v) is 7.98. The first-order valence-electron chi connectivity index (χ1n) is 9.36. The molecular weight excluding hydrogens is 438 g/mol. The highest BCUT2D eigenvalue weighted by atomic mass is 35.5. The lowest BCUT2D eigenvalue weighted by Gasteiger charge is -2.14. The van der Waals surface area contributed by atoms with Gasteiger partial charge in [0, 0.05) is 17.6 Å². The van der Waals surface area contributed by atoms with Crippen LogP contribution in [0.3, 0.4) is 0 Å². The van der Waals surface area contributed by atoms with E-state index < -0.39 is 0 Å². The maximum Gasteiger partial charge on any atom is 0.262 e. The largest absolute Gasteiger partial charge is 0.485 e. The number of para-hydroxylation sites is 1. The number of hydrogen-bond donors (Lipinski definition) is 1. The fourth-order valence-electron chi connectivity index (χ4n) is 2.86. The molecule has 0 aliphatic heterocycles. The van der Waals surface area contributed by atoms with E-state index in [1.807, 2.05) is 13.0 Å². The number of carbonyl (C=O) groups is 1. The van der Waals surface area contributed by atoms with E-state index in [-0.39, 0.29) is 24.7 Å². The van der Waals surface area contributed by atoms with Crippen molar-refractivity contribution in [2.24, 2.45) is 0 Å². The Morgan fingerprint density at radius 2 is 2.00 bits per heavy atom. The van der Waals surface area contributed by atoms with Crippen molar-refractivity contribution in [1.29, 1.82) is 0 Å². The molecule has 2 heterocycles. The summed E-state index contributed by atoms with van der Waals surface area (Å²) in [7, 11) is 0. The maximum absolute atomic E-state index is 12.4. The molecule has 4 rings (SSSR count). The molecule has 1 amide bonds. The Labute approximate surface area is 186 Å². The molecule has 158 valence electrons. The lowest BCUT2D eigenvalue weighted by atomic mass is 10.2. The van der Waals surface area contributed by atoms with Gasteiger partial charge in [-0.25, -0.2) is 4.98 Å². The molecule has 0 saturated carbocycles. The van der Waals surface area contributed by atoms with Crippen LogP contribution in [0.2, 0.25) is 5.02 Å². The molecule has 9 heteroatoms. The van der Waals surface area contributed by atoms with Crippen LogP contribution >= 0.6 is 22.9 Å². The van der Waals surface area contributed by atoms with Crippen molar-refractivity contribution >= 4 is 39.5 Å². The van der Waals surface area contributed by atoms with Crippen LogP contribution in [0.4, 0.5) is 5.69 Å². The number of rotatable bonds is 7. The molecule has 0 bridgehead atoms. The predicted molar refractivity (Wildman–Crippen MR) is 120 cm³/mol. The number of thiazole rings is 1. The number of ether oxygens (including phenoxy) is 2. The molecule has 7 nitrogen and oxygen atoms in total. The normalized spacial score (nSPS) is 10.8. The highest BCUT2D eigenvalue weighted by Gasteiger charge is 2.12. The number of carbonyl (C=O) groups excluding carboxylic acids is 1. The van der Waals surface area contributed by atoms with Crippen molar-refractivity contribution in [3.05, 3.63) is 86.7 Å². The van der Waals surface area contributed by atoms with Crippen molar-refractivity contribution in [3.63, 3.8) is 0 Å².